The minimum absolute atomic E-state index is 0.652. The van der Waals surface area contributed by atoms with Gasteiger partial charge >= 0.3 is 26.4 Å². The van der Waals surface area contributed by atoms with Crippen LogP contribution in [0.15, 0.2) is 0 Å². The third-order valence-corrected chi connectivity index (χ3v) is 14.6. The molecule has 35 heavy (non-hydrogen) atoms. The zero-order valence-corrected chi connectivity index (χ0v) is 29.0. The molecule has 0 aliphatic rings. The van der Waals surface area contributed by atoms with Gasteiger partial charge in [-0.05, 0) is 50.9 Å². The van der Waals surface area contributed by atoms with Gasteiger partial charge < -0.3 is 39.8 Å². The van der Waals surface area contributed by atoms with E-state index in [1.807, 2.05) is 20.8 Å². The highest BCUT2D eigenvalue weighted by Gasteiger charge is 2.39. The van der Waals surface area contributed by atoms with Gasteiger partial charge in [0.05, 0.1) is 0 Å². The molecule has 0 N–H and O–H groups in total. The van der Waals surface area contributed by atoms with E-state index in [2.05, 4.69) is 37.9 Å². The second-order valence-corrected chi connectivity index (χ2v) is 17.0. The summed E-state index contributed by atoms with van der Waals surface area (Å²) < 4.78 is 48.0. The predicted molar refractivity (Wildman–Crippen MR) is 159 cm³/mol. The first kappa shape index (κ1) is 40.8. The Hall–Kier alpha value is 1.34. The molecule has 0 aromatic carbocycles. The van der Waals surface area contributed by atoms with Crippen molar-refractivity contribution in [3.63, 3.8) is 0 Å². The van der Waals surface area contributed by atoms with E-state index in [1.54, 1.807) is 42.7 Å². The highest BCUT2D eigenvalue weighted by atomic mass is 32.1. The first-order valence-corrected chi connectivity index (χ1v) is 19.5. The lowest BCUT2D eigenvalue weighted by atomic mass is 10.6. The Labute approximate surface area is 234 Å². The molecule has 216 valence electrons. The summed E-state index contributed by atoms with van der Waals surface area (Å²) in [5.74, 6) is 2.41. The maximum atomic E-state index is 5.67. The van der Waals surface area contributed by atoms with Gasteiger partial charge in [-0.1, -0.05) is 0 Å². The van der Waals surface area contributed by atoms with Crippen LogP contribution in [0.3, 0.4) is 0 Å². The third-order valence-electron chi connectivity index (χ3n) is 4.66. The minimum Gasteiger partial charge on any atom is -0.377 e. The Balaban J connectivity index is -0.000000447. The summed E-state index contributed by atoms with van der Waals surface area (Å²) in [5, 5.41) is 0. The van der Waals surface area contributed by atoms with Crippen molar-refractivity contribution in [1.82, 2.24) is 0 Å². The average Bonchev–Trinajstić information content (AvgIpc) is 2.89. The van der Waals surface area contributed by atoms with Crippen LogP contribution in [0.4, 0.5) is 0 Å². The fourth-order valence-electron chi connectivity index (χ4n) is 2.84. The van der Waals surface area contributed by atoms with Crippen LogP contribution in [-0.4, -0.2) is 106 Å². The monoisotopic (exact) mass is 616 g/mol. The summed E-state index contributed by atoms with van der Waals surface area (Å²) in [7, 11) is 2.72. The van der Waals surface area contributed by atoms with Crippen LogP contribution in [0, 0.1) is 0 Å². The molecule has 0 spiro atoms. The first-order chi connectivity index (χ1) is 16.7. The molecular formula is C20H52O9S3Si3. The molecule has 0 fully saturated rings. The maximum absolute atomic E-state index is 5.67. The predicted octanol–water partition coefficient (Wildman–Crippen LogP) is 4.33. The fourth-order valence-corrected chi connectivity index (χ4v) is 10.3. The van der Waals surface area contributed by atoms with Crippen LogP contribution in [0.5, 0.6) is 0 Å². The van der Waals surface area contributed by atoms with Crippen LogP contribution >= 0.6 is 37.9 Å². The summed E-state index contributed by atoms with van der Waals surface area (Å²) in [6.07, 6.45) is 1.94. The van der Waals surface area contributed by atoms with Crippen molar-refractivity contribution in [3.8, 4) is 0 Å². The molecule has 0 aliphatic heterocycles. The Morgan fingerprint density at radius 1 is 0.429 bits per heavy atom. The van der Waals surface area contributed by atoms with E-state index in [0.29, 0.717) is 19.8 Å². The molecule has 0 atom stereocenters. The molecule has 0 saturated carbocycles. The van der Waals surface area contributed by atoms with Gasteiger partial charge in [0.2, 0.25) is 0 Å². The molecule has 0 heterocycles. The highest BCUT2D eigenvalue weighted by molar-refractivity contribution is 7.80. The third kappa shape index (κ3) is 19.1. The standard InChI is InChI=1S/C9H22O3SSi.C6H16O3SSi.C5H14O3SSi/c1-4-10-14(11-5-2,12-6-3)9-7-8-13;1-7-11(8-2,9-3)6-4-5-10;1-6-10(7-2,8-3)5-4-9/h13H,4-9H2,1-3H3;10H,4-6H2,1-3H3;9H,4-5H2,1-3H3. The van der Waals surface area contributed by atoms with Gasteiger partial charge in [-0.15, -0.1) is 0 Å². The number of thiol groups is 3. The van der Waals surface area contributed by atoms with E-state index in [4.69, 9.17) is 39.8 Å². The van der Waals surface area contributed by atoms with Gasteiger partial charge in [-0.2, -0.15) is 37.9 Å². The van der Waals surface area contributed by atoms with Crippen molar-refractivity contribution in [2.75, 3.05) is 79.7 Å². The Kier molecular flexibility index (Phi) is 31.4. The topological polar surface area (TPSA) is 83.1 Å². The SMILES string of the molecule is CCO[Si](CCCS)(OCC)OCC.CO[Si](CCCS)(OC)OC.CO[Si](CCS)(OC)OC. The Bertz CT molecular complexity index is 406. The van der Waals surface area contributed by atoms with Gasteiger partial charge in [-0.3, -0.25) is 0 Å². The van der Waals surface area contributed by atoms with Gasteiger partial charge in [0.25, 0.3) is 0 Å². The van der Waals surface area contributed by atoms with Crippen LogP contribution in [-0.2, 0) is 39.8 Å². The first-order valence-electron chi connectivity index (χ1n) is 11.8. The summed E-state index contributed by atoms with van der Waals surface area (Å²) >= 11 is 12.4. The molecule has 0 radical (unpaired) electrons. The minimum atomic E-state index is -2.37. The second kappa shape index (κ2) is 26.9. The van der Waals surface area contributed by atoms with Crippen molar-refractivity contribution in [3.05, 3.63) is 0 Å². The molecule has 0 saturated heterocycles. The molecule has 0 aliphatic carbocycles. The Morgan fingerprint density at radius 3 is 0.914 bits per heavy atom. The molecule has 0 bridgehead atoms. The van der Waals surface area contributed by atoms with Gasteiger partial charge in [-0.25, -0.2) is 0 Å². The lowest BCUT2D eigenvalue weighted by Gasteiger charge is -2.28. The van der Waals surface area contributed by atoms with E-state index in [-0.39, 0.29) is 0 Å². The zero-order valence-electron chi connectivity index (χ0n) is 23.3. The van der Waals surface area contributed by atoms with Gasteiger partial charge in [0, 0.05) is 80.6 Å². The Morgan fingerprint density at radius 2 is 0.714 bits per heavy atom. The van der Waals surface area contributed by atoms with Crippen LogP contribution in [0.2, 0.25) is 18.1 Å². The lowest BCUT2D eigenvalue weighted by molar-refractivity contribution is 0.0712. The van der Waals surface area contributed by atoms with E-state index in [0.717, 1.165) is 48.2 Å². The molecule has 15 heteroatoms. The molecule has 0 amide bonds. The summed E-state index contributed by atoms with van der Waals surface area (Å²) in [4.78, 5) is 0. The molecule has 0 aromatic heterocycles. The maximum Gasteiger partial charge on any atom is 0.500 e. The van der Waals surface area contributed by atoms with E-state index in [9.17, 15) is 0 Å². The van der Waals surface area contributed by atoms with Gasteiger partial charge in [0.1, 0.15) is 0 Å². The van der Waals surface area contributed by atoms with Crippen LogP contribution in [0.1, 0.15) is 33.6 Å². The van der Waals surface area contributed by atoms with E-state index >= 15 is 0 Å². The van der Waals surface area contributed by atoms with Crippen LogP contribution in [0.25, 0.3) is 0 Å². The van der Waals surface area contributed by atoms with Crippen molar-refractivity contribution in [1.29, 1.82) is 0 Å². The van der Waals surface area contributed by atoms with E-state index in [1.165, 1.54) is 0 Å². The van der Waals surface area contributed by atoms with E-state index < -0.39 is 26.4 Å². The smallest absolute Gasteiger partial charge is 0.377 e. The van der Waals surface area contributed by atoms with Crippen molar-refractivity contribution in [2.24, 2.45) is 0 Å². The van der Waals surface area contributed by atoms with Crippen LogP contribution < -0.4 is 0 Å². The molecule has 0 unspecified atom stereocenters. The fraction of sp³-hybridized carbons (Fsp3) is 1.00. The normalized spacial score (nSPS) is 12.0. The highest BCUT2D eigenvalue weighted by Crippen LogP contribution is 2.18. The molecule has 0 aromatic rings. The number of rotatable bonds is 20. The summed E-state index contributed by atoms with van der Waals surface area (Å²) in [5.41, 5.74) is 0. The zero-order chi connectivity index (χ0) is 27.6. The molecule has 9 nitrogen and oxygen atoms in total. The number of hydrogen-bond acceptors (Lipinski definition) is 12. The lowest BCUT2D eigenvalue weighted by Crippen LogP contribution is -2.46. The second-order valence-electron chi connectivity index (χ2n) is 6.70. The quantitative estimate of drug-likeness (QED) is 0.137. The summed E-state index contributed by atoms with van der Waals surface area (Å²) in [6.45, 7) is 7.87. The largest absolute Gasteiger partial charge is 0.500 e. The van der Waals surface area contributed by atoms with Gasteiger partial charge in [0.15, 0.2) is 0 Å². The van der Waals surface area contributed by atoms with Crippen molar-refractivity contribution in [2.45, 2.75) is 51.7 Å². The average molecular weight is 617 g/mol. The van der Waals surface area contributed by atoms with Crippen molar-refractivity contribution < 1.29 is 39.8 Å². The number of hydrogen-bond donors (Lipinski definition) is 3. The molecule has 0 rings (SSSR count). The summed E-state index contributed by atoms with van der Waals surface area (Å²) in [6, 6.07) is 2.45. The molecular weight excluding hydrogens is 565 g/mol. The van der Waals surface area contributed by atoms with Crippen molar-refractivity contribution >= 4 is 64.3 Å².